The molecule has 5 nitrogen and oxygen atoms in total. The first kappa shape index (κ1) is 17.6. The highest BCUT2D eigenvalue weighted by Gasteiger charge is 2.20. The average Bonchev–Trinajstić information content (AvgIpc) is 2.59. The first-order chi connectivity index (χ1) is 12.2. The lowest BCUT2D eigenvalue weighted by Crippen LogP contribution is -2.37. The third kappa shape index (κ3) is 4.09. The lowest BCUT2D eigenvalue weighted by atomic mass is 9.96. The Morgan fingerprint density at radius 3 is 2.44 bits per heavy atom. The summed E-state index contributed by atoms with van der Waals surface area (Å²) in [6, 6.07) is 7.47. The number of nitrogens with one attached hydrogen (secondary N) is 1. The van der Waals surface area contributed by atoms with Gasteiger partial charge in [-0.3, -0.25) is 9.59 Å². The number of aromatic nitrogens is 2. The molecule has 0 spiro atoms. The molecule has 134 valence electrons. The van der Waals surface area contributed by atoms with Gasteiger partial charge in [-0.25, -0.2) is 4.68 Å². The lowest BCUT2D eigenvalue weighted by molar-refractivity contribution is 0.0924. The molecule has 1 aromatic heterocycles. The van der Waals surface area contributed by atoms with Crippen molar-refractivity contribution in [2.75, 3.05) is 0 Å². The van der Waals surface area contributed by atoms with Crippen molar-refractivity contribution < 1.29 is 4.79 Å². The van der Waals surface area contributed by atoms with Crippen LogP contribution in [-0.2, 0) is 6.54 Å². The Kier molecular flexibility index (Phi) is 5.84. The van der Waals surface area contributed by atoms with Gasteiger partial charge >= 0.3 is 0 Å². The molecule has 0 unspecified atom stereocenters. The van der Waals surface area contributed by atoms with Gasteiger partial charge in [0.25, 0.3) is 11.5 Å². The number of carbonyl (C=O) groups excluding carboxylic acids is 1. The first-order valence-electron chi connectivity index (χ1n) is 9.51. The molecule has 25 heavy (non-hydrogen) atoms. The fraction of sp³-hybridized carbons (Fsp3) is 0.550. The zero-order valence-corrected chi connectivity index (χ0v) is 15.0. The van der Waals surface area contributed by atoms with E-state index in [0.29, 0.717) is 23.0 Å². The molecule has 1 aromatic carbocycles. The normalized spacial score (nSPS) is 16.4. The van der Waals surface area contributed by atoms with E-state index in [1.165, 1.54) is 23.9 Å². The molecule has 1 amide bonds. The van der Waals surface area contributed by atoms with Crippen LogP contribution < -0.4 is 10.9 Å². The molecule has 5 heteroatoms. The van der Waals surface area contributed by atoms with Gasteiger partial charge in [-0.1, -0.05) is 57.2 Å². The minimum absolute atomic E-state index is 0.125. The van der Waals surface area contributed by atoms with Gasteiger partial charge in [0.05, 0.1) is 5.39 Å². The van der Waals surface area contributed by atoms with Crippen molar-refractivity contribution in [1.29, 1.82) is 0 Å². The molecule has 3 rings (SSSR count). The summed E-state index contributed by atoms with van der Waals surface area (Å²) in [6.07, 6.45) is 8.97. The maximum Gasteiger partial charge on any atom is 0.274 e. The lowest BCUT2D eigenvalue weighted by Gasteiger charge is -2.21. The quantitative estimate of drug-likeness (QED) is 0.923. The van der Waals surface area contributed by atoms with E-state index < -0.39 is 0 Å². The molecule has 1 fully saturated rings. The van der Waals surface area contributed by atoms with Gasteiger partial charge in [-0.2, -0.15) is 5.10 Å². The number of hydrogen-bond acceptors (Lipinski definition) is 3. The monoisotopic (exact) mass is 341 g/mol. The molecule has 1 aliphatic carbocycles. The number of nitrogens with zero attached hydrogens (tertiary/aromatic N) is 2. The maximum absolute atomic E-state index is 12.9. The van der Waals surface area contributed by atoms with Gasteiger partial charge in [-0.15, -0.1) is 0 Å². The topological polar surface area (TPSA) is 64.0 Å². The van der Waals surface area contributed by atoms with Crippen LogP contribution in [0.3, 0.4) is 0 Å². The summed E-state index contributed by atoms with van der Waals surface area (Å²) in [5.41, 5.74) is 0.241. The van der Waals surface area contributed by atoms with Gasteiger partial charge in [0.1, 0.15) is 0 Å². The molecule has 0 bridgehead atoms. The molecular weight excluding hydrogens is 314 g/mol. The summed E-state index contributed by atoms with van der Waals surface area (Å²) in [5, 5.41) is 8.76. The van der Waals surface area contributed by atoms with Crippen LogP contribution in [0.1, 0.15) is 68.8 Å². The first-order valence-corrected chi connectivity index (χ1v) is 9.51. The summed E-state index contributed by atoms with van der Waals surface area (Å²) in [5.74, 6) is -0.161. The Hall–Kier alpha value is -2.17. The number of benzene rings is 1. The van der Waals surface area contributed by atoms with Gasteiger partial charge in [0, 0.05) is 18.0 Å². The third-order valence-corrected chi connectivity index (χ3v) is 4.96. The number of aryl methyl sites for hydroxylation is 1. The second kappa shape index (κ2) is 8.28. The van der Waals surface area contributed by atoms with Crippen LogP contribution in [0.5, 0.6) is 0 Å². The van der Waals surface area contributed by atoms with Gasteiger partial charge in [-0.05, 0) is 25.3 Å². The Labute approximate surface area is 148 Å². The van der Waals surface area contributed by atoms with Crippen molar-refractivity contribution in [2.45, 2.75) is 70.9 Å². The van der Waals surface area contributed by atoms with Gasteiger partial charge < -0.3 is 5.32 Å². The fourth-order valence-electron chi connectivity index (χ4n) is 3.62. The van der Waals surface area contributed by atoms with Crippen molar-refractivity contribution in [1.82, 2.24) is 15.1 Å². The van der Waals surface area contributed by atoms with E-state index in [1.54, 1.807) is 6.07 Å². The Morgan fingerprint density at radius 2 is 1.76 bits per heavy atom. The number of hydrogen-bond donors (Lipinski definition) is 1. The zero-order valence-electron chi connectivity index (χ0n) is 15.0. The van der Waals surface area contributed by atoms with E-state index in [-0.39, 0.29) is 17.5 Å². The Morgan fingerprint density at radius 1 is 1.12 bits per heavy atom. The number of fused-ring (bicyclic) bond motifs is 1. The Balaban J connectivity index is 1.92. The fourth-order valence-corrected chi connectivity index (χ4v) is 3.62. The van der Waals surface area contributed by atoms with Crippen LogP contribution in [0.25, 0.3) is 10.8 Å². The van der Waals surface area contributed by atoms with Crippen LogP contribution in [0, 0.1) is 0 Å². The summed E-state index contributed by atoms with van der Waals surface area (Å²) in [6.45, 7) is 2.52. The summed E-state index contributed by atoms with van der Waals surface area (Å²) < 4.78 is 1.43. The number of rotatable bonds is 4. The van der Waals surface area contributed by atoms with Crippen LogP contribution in [0.2, 0.25) is 0 Å². The molecule has 0 saturated heterocycles. The van der Waals surface area contributed by atoms with Crippen molar-refractivity contribution in [3.05, 3.63) is 40.3 Å². The maximum atomic E-state index is 12.9. The highest BCUT2D eigenvalue weighted by atomic mass is 16.2. The smallest absolute Gasteiger partial charge is 0.274 e. The van der Waals surface area contributed by atoms with E-state index in [1.807, 2.05) is 25.1 Å². The predicted octanol–water partition coefficient (Wildman–Crippen LogP) is 3.65. The zero-order chi connectivity index (χ0) is 17.6. The molecular formula is C20H27N3O2. The second-order valence-electron chi connectivity index (χ2n) is 6.94. The molecule has 0 radical (unpaired) electrons. The molecule has 1 aliphatic rings. The van der Waals surface area contributed by atoms with Crippen molar-refractivity contribution >= 4 is 16.7 Å². The highest BCUT2D eigenvalue weighted by molar-refractivity contribution is 6.04. The Bertz CT molecular complexity index is 789. The minimum Gasteiger partial charge on any atom is -0.348 e. The van der Waals surface area contributed by atoms with E-state index in [4.69, 9.17) is 0 Å². The predicted molar refractivity (Wildman–Crippen MR) is 99.9 cm³/mol. The van der Waals surface area contributed by atoms with Crippen LogP contribution in [0.15, 0.2) is 29.1 Å². The van der Waals surface area contributed by atoms with E-state index in [2.05, 4.69) is 10.4 Å². The average molecular weight is 341 g/mol. The summed E-state index contributed by atoms with van der Waals surface area (Å²) in [7, 11) is 0. The number of amides is 1. The van der Waals surface area contributed by atoms with Crippen LogP contribution in [-0.4, -0.2) is 21.7 Å². The van der Waals surface area contributed by atoms with Crippen molar-refractivity contribution in [2.24, 2.45) is 0 Å². The summed E-state index contributed by atoms with van der Waals surface area (Å²) >= 11 is 0. The standard InChI is InChI=1S/C20H27N3O2/c1-2-14-23-20(25)17-13-9-8-12-16(17)18(22-23)19(24)21-15-10-6-4-3-5-7-11-15/h8-9,12-13,15H,2-7,10-11,14H2,1H3,(H,21,24). The molecule has 1 N–H and O–H groups in total. The molecule has 1 saturated carbocycles. The third-order valence-electron chi connectivity index (χ3n) is 4.96. The van der Waals surface area contributed by atoms with E-state index in [9.17, 15) is 9.59 Å². The van der Waals surface area contributed by atoms with Gasteiger partial charge in [0.2, 0.25) is 0 Å². The SMILES string of the molecule is CCCn1nc(C(=O)NC2CCCCCCC2)c2ccccc2c1=O. The molecule has 0 atom stereocenters. The van der Waals surface area contributed by atoms with Crippen LogP contribution in [0.4, 0.5) is 0 Å². The van der Waals surface area contributed by atoms with Crippen molar-refractivity contribution in [3.8, 4) is 0 Å². The largest absolute Gasteiger partial charge is 0.348 e. The van der Waals surface area contributed by atoms with Crippen molar-refractivity contribution in [3.63, 3.8) is 0 Å². The highest BCUT2D eigenvalue weighted by Crippen LogP contribution is 2.18. The van der Waals surface area contributed by atoms with E-state index in [0.717, 1.165) is 32.1 Å². The van der Waals surface area contributed by atoms with Gasteiger partial charge in [0.15, 0.2) is 5.69 Å². The molecule has 1 heterocycles. The molecule has 0 aliphatic heterocycles. The summed E-state index contributed by atoms with van der Waals surface area (Å²) in [4.78, 5) is 25.4. The minimum atomic E-state index is -0.161. The number of carbonyl (C=O) groups is 1. The molecule has 2 aromatic rings. The van der Waals surface area contributed by atoms with E-state index >= 15 is 0 Å². The van der Waals surface area contributed by atoms with Crippen LogP contribution >= 0.6 is 0 Å². The second-order valence-corrected chi connectivity index (χ2v) is 6.94.